The minimum absolute atomic E-state index is 0.0538. The molecule has 0 saturated carbocycles. The van der Waals surface area contributed by atoms with Gasteiger partial charge >= 0.3 is 0 Å². The van der Waals surface area contributed by atoms with E-state index >= 15 is 0 Å². The predicted octanol–water partition coefficient (Wildman–Crippen LogP) is 2.40. The van der Waals surface area contributed by atoms with Crippen LogP contribution in [0.2, 0.25) is 0 Å². The predicted molar refractivity (Wildman–Crippen MR) is 99.3 cm³/mol. The van der Waals surface area contributed by atoms with Crippen molar-refractivity contribution in [2.45, 2.75) is 24.3 Å². The van der Waals surface area contributed by atoms with Crippen molar-refractivity contribution in [3.05, 3.63) is 48.3 Å². The summed E-state index contributed by atoms with van der Waals surface area (Å²) < 4.78 is 35.3. The second-order valence-corrected chi connectivity index (χ2v) is 7.96. The maximum Gasteiger partial charge on any atom is 0.240 e. The van der Waals surface area contributed by atoms with Crippen LogP contribution in [0.4, 0.5) is 0 Å². The highest BCUT2D eigenvalue weighted by Crippen LogP contribution is 2.20. The Balaban J connectivity index is 2.08. The molecule has 1 aromatic heterocycles. The number of nitrogens with one attached hydrogen (secondary N) is 1. The van der Waals surface area contributed by atoms with Gasteiger partial charge in [0, 0.05) is 25.5 Å². The smallest absolute Gasteiger partial charge is 0.240 e. The van der Waals surface area contributed by atoms with E-state index in [0.29, 0.717) is 18.9 Å². The Morgan fingerprint density at radius 1 is 1.20 bits per heavy atom. The summed E-state index contributed by atoms with van der Waals surface area (Å²) in [6.07, 6.45) is 2.86. The fraction of sp³-hybridized carbons (Fsp3) is 0.444. The fourth-order valence-electron chi connectivity index (χ4n) is 2.58. The second-order valence-electron chi connectivity index (χ2n) is 6.20. The van der Waals surface area contributed by atoms with Gasteiger partial charge in [0.05, 0.1) is 17.5 Å². The Kier molecular flexibility index (Phi) is 6.64. The zero-order valence-corrected chi connectivity index (χ0v) is 16.1. The van der Waals surface area contributed by atoms with Crippen LogP contribution in [0.25, 0.3) is 0 Å². The Labute approximate surface area is 150 Å². The van der Waals surface area contributed by atoms with E-state index < -0.39 is 10.0 Å². The standard InChI is InChI=1S/C18H27N3O3S/c1-5-13-24-15-8-10-16(11-9-15)25(22,23)19-14-18(20(2)3)17-7-6-12-21(17)4/h6-12,18-19H,5,13-14H2,1-4H3. The van der Waals surface area contributed by atoms with Crippen molar-refractivity contribution < 1.29 is 13.2 Å². The minimum Gasteiger partial charge on any atom is -0.494 e. The maximum atomic E-state index is 12.6. The highest BCUT2D eigenvalue weighted by molar-refractivity contribution is 7.89. The third-order valence-electron chi connectivity index (χ3n) is 4.02. The van der Waals surface area contributed by atoms with Gasteiger partial charge in [-0.05, 0) is 56.9 Å². The lowest BCUT2D eigenvalue weighted by atomic mass is 10.2. The quantitative estimate of drug-likeness (QED) is 0.741. The molecule has 7 heteroatoms. The molecule has 1 N–H and O–H groups in total. The number of aromatic nitrogens is 1. The number of nitrogens with zero attached hydrogens (tertiary/aromatic N) is 2. The maximum absolute atomic E-state index is 12.6. The Morgan fingerprint density at radius 3 is 2.40 bits per heavy atom. The molecule has 1 atom stereocenters. The summed E-state index contributed by atoms with van der Waals surface area (Å²) in [4.78, 5) is 2.24. The summed E-state index contributed by atoms with van der Waals surface area (Å²) >= 11 is 0. The molecule has 1 unspecified atom stereocenters. The third-order valence-corrected chi connectivity index (χ3v) is 5.46. The molecule has 138 valence electrons. The molecule has 0 spiro atoms. The van der Waals surface area contributed by atoms with Crippen LogP contribution < -0.4 is 9.46 Å². The van der Waals surface area contributed by atoms with Crippen LogP contribution in [-0.2, 0) is 17.1 Å². The zero-order valence-electron chi connectivity index (χ0n) is 15.3. The van der Waals surface area contributed by atoms with Crippen molar-refractivity contribution in [3.63, 3.8) is 0 Å². The molecular weight excluding hydrogens is 338 g/mol. The molecule has 0 amide bonds. The monoisotopic (exact) mass is 365 g/mol. The van der Waals surface area contributed by atoms with Crippen LogP contribution in [0.5, 0.6) is 5.75 Å². The lowest BCUT2D eigenvalue weighted by Gasteiger charge is -2.25. The van der Waals surface area contributed by atoms with Crippen LogP contribution in [0.3, 0.4) is 0 Å². The minimum atomic E-state index is -3.57. The van der Waals surface area contributed by atoms with Crippen molar-refractivity contribution in [2.75, 3.05) is 27.2 Å². The lowest BCUT2D eigenvalue weighted by Crippen LogP contribution is -2.35. The highest BCUT2D eigenvalue weighted by Gasteiger charge is 2.21. The lowest BCUT2D eigenvalue weighted by molar-refractivity contribution is 0.289. The zero-order chi connectivity index (χ0) is 18.4. The number of sulfonamides is 1. The van der Waals surface area contributed by atoms with E-state index in [1.165, 1.54) is 0 Å². The van der Waals surface area contributed by atoms with Crippen LogP contribution in [0, 0.1) is 0 Å². The molecule has 6 nitrogen and oxygen atoms in total. The molecule has 0 saturated heterocycles. The van der Waals surface area contributed by atoms with E-state index in [1.807, 2.05) is 55.9 Å². The second kappa shape index (κ2) is 8.51. The molecule has 0 bridgehead atoms. The number of likely N-dealkylation sites (N-methyl/N-ethyl adjacent to an activating group) is 1. The van der Waals surface area contributed by atoms with E-state index in [0.717, 1.165) is 12.1 Å². The van der Waals surface area contributed by atoms with Gasteiger partial charge in [0.2, 0.25) is 10.0 Å². The third kappa shape index (κ3) is 5.07. The van der Waals surface area contributed by atoms with Gasteiger partial charge in [-0.1, -0.05) is 6.92 Å². The Morgan fingerprint density at radius 2 is 1.88 bits per heavy atom. The first-order valence-corrected chi connectivity index (χ1v) is 9.83. The number of benzene rings is 1. The van der Waals surface area contributed by atoms with E-state index in [2.05, 4.69) is 4.72 Å². The highest BCUT2D eigenvalue weighted by atomic mass is 32.2. The fourth-order valence-corrected chi connectivity index (χ4v) is 3.62. The Hall–Kier alpha value is -1.83. The molecule has 2 aromatic rings. The first kappa shape index (κ1) is 19.5. The molecule has 0 fully saturated rings. The molecular formula is C18H27N3O3S. The molecule has 25 heavy (non-hydrogen) atoms. The van der Waals surface area contributed by atoms with Crippen molar-refractivity contribution in [1.82, 2.24) is 14.2 Å². The van der Waals surface area contributed by atoms with Gasteiger partial charge in [-0.15, -0.1) is 0 Å². The topological polar surface area (TPSA) is 63.6 Å². The number of aryl methyl sites for hydroxylation is 1. The van der Waals surface area contributed by atoms with Gasteiger partial charge in [0.1, 0.15) is 5.75 Å². The van der Waals surface area contributed by atoms with E-state index in [9.17, 15) is 8.42 Å². The van der Waals surface area contributed by atoms with E-state index in [-0.39, 0.29) is 10.9 Å². The van der Waals surface area contributed by atoms with Crippen LogP contribution in [0.1, 0.15) is 25.1 Å². The van der Waals surface area contributed by atoms with Gasteiger partial charge in [0.25, 0.3) is 0 Å². The number of rotatable bonds is 9. The van der Waals surface area contributed by atoms with Crippen molar-refractivity contribution in [3.8, 4) is 5.75 Å². The summed E-state index contributed by atoms with van der Waals surface area (Å²) in [5, 5.41) is 0. The van der Waals surface area contributed by atoms with Gasteiger partial charge in [-0.3, -0.25) is 4.90 Å². The summed E-state index contributed by atoms with van der Waals surface area (Å²) in [5.74, 6) is 0.677. The van der Waals surface area contributed by atoms with Crippen molar-refractivity contribution in [1.29, 1.82) is 0 Å². The SMILES string of the molecule is CCCOc1ccc(S(=O)(=O)NCC(c2cccn2C)N(C)C)cc1. The average Bonchev–Trinajstić information content (AvgIpc) is 2.99. The first-order valence-electron chi connectivity index (χ1n) is 8.35. The molecule has 1 heterocycles. The average molecular weight is 365 g/mol. The number of hydrogen-bond donors (Lipinski definition) is 1. The summed E-state index contributed by atoms with van der Waals surface area (Å²) in [6, 6.07) is 10.4. The largest absolute Gasteiger partial charge is 0.494 e. The normalized spacial score (nSPS) is 13.2. The van der Waals surface area contributed by atoms with Gasteiger partial charge in [0.15, 0.2) is 0 Å². The number of ether oxygens (including phenoxy) is 1. The summed E-state index contributed by atoms with van der Waals surface area (Å²) in [7, 11) is 2.25. The van der Waals surface area contributed by atoms with Crippen LogP contribution >= 0.6 is 0 Å². The molecule has 0 aliphatic rings. The van der Waals surface area contributed by atoms with Crippen LogP contribution in [-0.4, -0.2) is 45.1 Å². The molecule has 2 rings (SSSR count). The molecule has 0 aliphatic carbocycles. The van der Waals surface area contributed by atoms with E-state index in [1.54, 1.807) is 24.3 Å². The molecule has 1 aromatic carbocycles. The number of hydrogen-bond acceptors (Lipinski definition) is 4. The van der Waals surface area contributed by atoms with E-state index in [4.69, 9.17) is 4.74 Å². The van der Waals surface area contributed by atoms with Gasteiger partial charge < -0.3 is 9.30 Å². The van der Waals surface area contributed by atoms with Crippen molar-refractivity contribution >= 4 is 10.0 Å². The summed E-state index contributed by atoms with van der Waals surface area (Å²) in [6.45, 7) is 2.93. The summed E-state index contributed by atoms with van der Waals surface area (Å²) in [5.41, 5.74) is 1.05. The first-order chi connectivity index (χ1) is 11.8. The van der Waals surface area contributed by atoms with Crippen molar-refractivity contribution in [2.24, 2.45) is 7.05 Å². The van der Waals surface area contributed by atoms with Gasteiger partial charge in [-0.2, -0.15) is 0 Å². The van der Waals surface area contributed by atoms with Gasteiger partial charge in [-0.25, -0.2) is 13.1 Å². The molecule has 0 radical (unpaired) electrons. The Bertz CT molecular complexity index is 767. The van der Waals surface area contributed by atoms with Crippen LogP contribution in [0.15, 0.2) is 47.5 Å². The molecule has 0 aliphatic heterocycles.